The van der Waals surface area contributed by atoms with E-state index in [0.29, 0.717) is 0 Å². The van der Waals surface area contributed by atoms with Crippen LogP contribution in [0.5, 0.6) is 0 Å². The van der Waals surface area contributed by atoms with Crippen LogP contribution in [-0.2, 0) is 21.3 Å². The van der Waals surface area contributed by atoms with Crippen molar-refractivity contribution in [3.05, 3.63) is 29.6 Å². The van der Waals surface area contributed by atoms with Crippen molar-refractivity contribution >= 4 is 10.0 Å². The SMILES string of the molecule is COC1(CNS(=O)(=O)c2ccc(F)c(CN)c2)CCC1. The zero-order chi connectivity index (χ0) is 14.8. The van der Waals surface area contributed by atoms with Crippen LogP contribution in [0.2, 0.25) is 0 Å². The van der Waals surface area contributed by atoms with Gasteiger partial charge in [0.2, 0.25) is 10.0 Å². The Balaban J connectivity index is 2.14. The molecule has 1 aromatic carbocycles. The zero-order valence-corrected chi connectivity index (χ0v) is 12.2. The first-order chi connectivity index (χ1) is 9.42. The summed E-state index contributed by atoms with van der Waals surface area (Å²) >= 11 is 0. The molecule has 5 nitrogen and oxygen atoms in total. The topological polar surface area (TPSA) is 81.4 Å². The molecule has 0 radical (unpaired) electrons. The average Bonchev–Trinajstić information content (AvgIpc) is 2.38. The highest BCUT2D eigenvalue weighted by Crippen LogP contribution is 2.34. The Kier molecular flexibility index (Phi) is 4.43. The standard InChI is InChI=1S/C13H19FN2O3S/c1-19-13(5-2-6-13)9-16-20(17,18)11-3-4-12(14)10(7-11)8-15/h3-4,7,16H,2,5-6,8-9,15H2,1H3. The monoisotopic (exact) mass is 302 g/mol. The van der Waals surface area contributed by atoms with E-state index in [4.69, 9.17) is 10.5 Å². The normalized spacial score (nSPS) is 17.8. The second kappa shape index (κ2) is 5.77. The summed E-state index contributed by atoms with van der Waals surface area (Å²) in [7, 11) is -2.10. The molecule has 1 aliphatic rings. The highest BCUT2D eigenvalue weighted by molar-refractivity contribution is 7.89. The van der Waals surface area contributed by atoms with E-state index in [0.717, 1.165) is 25.3 Å². The maximum atomic E-state index is 13.3. The Morgan fingerprint density at radius 3 is 2.65 bits per heavy atom. The van der Waals surface area contributed by atoms with Crippen LogP contribution < -0.4 is 10.5 Å². The number of sulfonamides is 1. The van der Waals surface area contributed by atoms with E-state index in [1.807, 2.05) is 0 Å². The van der Waals surface area contributed by atoms with Crippen LogP contribution in [0.3, 0.4) is 0 Å². The fraction of sp³-hybridized carbons (Fsp3) is 0.538. The van der Waals surface area contributed by atoms with Crippen LogP contribution in [0.15, 0.2) is 23.1 Å². The molecule has 1 aliphatic carbocycles. The molecule has 1 fully saturated rings. The van der Waals surface area contributed by atoms with Crippen LogP contribution in [0.1, 0.15) is 24.8 Å². The molecule has 2 rings (SSSR count). The van der Waals surface area contributed by atoms with Crippen molar-refractivity contribution in [2.24, 2.45) is 5.73 Å². The van der Waals surface area contributed by atoms with Gasteiger partial charge >= 0.3 is 0 Å². The third kappa shape index (κ3) is 3.01. The Morgan fingerprint density at radius 2 is 2.15 bits per heavy atom. The lowest BCUT2D eigenvalue weighted by atomic mass is 9.80. The summed E-state index contributed by atoms with van der Waals surface area (Å²) < 4.78 is 45.6. The van der Waals surface area contributed by atoms with Gasteiger partial charge in [0.15, 0.2) is 0 Å². The maximum Gasteiger partial charge on any atom is 0.240 e. The molecule has 0 spiro atoms. The number of hydrogen-bond acceptors (Lipinski definition) is 4. The number of ether oxygens (including phenoxy) is 1. The molecule has 0 aliphatic heterocycles. The Morgan fingerprint density at radius 1 is 1.45 bits per heavy atom. The third-order valence-electron chi connectivity index (χ3n) is 3.83. The lowest BCUT2D eigenvalue weighted by Crippen LogP contribution is -2.49. The molecule has 0 aromatic heterocycles. The summed E-state index contributed by atoms with van der Waals surface area (Å²) in [6.07, 6.45) is 2.70. The van der Waals surface area contributed by atoms with Gasteiger partial charge < -0.3 is 10.5 Å². The molecule has 0 unspecified atom stereocenters. The van der Waals surface area contributed by atoms with Gasteiger partial charge in [0.1, 0.15) is 5.82 Å². The van der Waals surface area contributed by atoms with Gasteiger partial charge in [0.25, 0.3) is 0 Å². The maximum absolute atomic E-state index is 13.3. The smallest absolute Gasteiger partial charge is 0.240 e. The average molecular weight is 302 g/mol. The van der Waals surface area contributed by atoms with Crippen LogP contribution in [0.4, 0.5) is 4.39 Å². The van der Waals surface area contributed by atoms with Crippen LogP contribution >= 0.6 is 0 Å². The summed E-state index contributed by atoms with van der Waals surface area (Å²) in [4.78, 5) is 0.0185. The summed E-state index contributed by atoms with van der Waals surface area (Å²) in [5.74, 6) is -0.501. The van der Waals surface area contributed by atoms with Gasteiger partial charge in [-0.05, 0) is 37.5 Å². The van der Waals surface area contributed by atoms with E-state index < -0.39 is 21.4 Å². The number of hydrogen-bond donors (Lipinski definition) is 2. The first-order valence-corrected chi connectivity index (χ1v) is 7.94. The van der Waals surface area contributed by atoms with Crippen molar-refractivity contribution in [2.75, 3.05) is 13.7 Å². The summed E-state index contributed by atoms with van der Waals surface area (Å²) in [6.45, 7) is 0.179. The predicted molar refractivity (Wildman–Crippen MR) is 73.1 cm³/mol. The Hall–Kier alpha value is -1.02. The van der Waals surface area contributed by atoms with Gasteiger partial charge in [0.05, 0.1) is 10.5 Å². The Labute approximate surface area is 118 Å². The van der Waals surface area contributed by atoms with E-state index in [1.54, 1.807) is 7.11 Å². The molecule has 0 amide bonds. The van der Waals surface area contributed by atoms with Gasteiger partial charge in [-0.15, -0.1) is 0 Å². The molecule has 3 N–H and O–H groups in total. The molecule has 1 aromatic rings. The minimum atomic E-state index is -3.68. The van der Waals surface area contributed by atoms with E-state index in [-0.39, 0.29) is 23.5 Å². The van der Waals surface area contributed by atoms with Gasteiger partial charge in [0, 0.05) is 25.8 Å². The molecule has 0 saturated heterocycles. The highest BCUT2D eigenvalue weighted by Gasteiger charge is 2.38. The fourth-order valence-electron chi connectivity index (χ4n) is 2.21. The minimum Gasteiger partial charge on any atom is -0.377 e. The number of nitrogens with two attached hydrogens (primary N) is 1. The lowest BCUT2D eigenvalue weighted by Gasteiger charge is -2.40. The van der Waals surface area contributed by atoms with Crippen molar-refractivity contribution < 1.29 is 17.5 Å². The molecule has 20 heavy (non-hydrogen) atoms. The summed E-state index contributed by atoms with van der Waals surface area (Å²) in [5.41, 5.74) is 5.16. The third-order valence-corrected chi connectivity index (χ3v) is 5.23. The molecular formula is C13H19FN2O3S. The van der Waals surface area contributed by atoms with Crippen molar-refractivity contribution in [1.82, 2.24) is 4.72 Å². The van der Waals surface area contributed by atoms with Crippen molar-refractivity contribution in [3.8, 4) is 0 Å². The van der Waals surface area contributed by atoms with E-state index >= 15 is 0 Å². The number of rotatable bonds is 6. The van der Waals surface area contributed by atoms with Crippen molar-refractivity contribution in [2.45, 2.75) is 36.3 Å². The lowest BCUT2D eigenvalue weighted by molar-refractivity contribution is -0.0659. The molecule has 0 bridgehead atoms. The van der Waals surface area contributed by atoms with Crippen molar-refractivity contribution in [1.29, 1.82) is 0 Å². The molecule has 112 valence electrons. The highest BCUT2D eigenvalue weighted by atomic mass is 32.2. The first-order valence-electron chi connectivity index (χ1n) is 6.46. The second-order valence-corrected chi connectivity index (χ2v) is 6.79. The number of methoxy groups -OCH3 is 1. The van der Waals surface area contributed by atoms with Gasteiger partial charge in [-0.1, -0.05) is 0 Å². The van der Waals surface area contributed by atoms with E-state index in [9.17, 15) is 12.8 Å². The largest absolute Gasteiger partial charge is 0.377 e. The molecule has 1 saturated carbocycles. The van der Waals surface area contributed by atoms with Gasteiger partial charge in [-0.25, -0.2) is 17.5 Å². The van der Waals surface area contributed by atoms with Crippen LogP contribution in [-0.4, -0.2) is 27.7 Å². The van der Waals surface area contributed by atoms with Crippen LogP contribution in [0.25, 0.3) is 0 Å². The first kappa shape index (κ1) is 15.4. The van der Waals surface area contributed by atoms with E-state index in [2.05, 4.69) is 4.72 Å². The summed E-state index contributed by atoms with van der Waals surface area (Å²) in [6, 6.07) is 3.61. The molecule has 7 heteroatoms. The number of benzene rings is 1. The van der Waals surface area contributed by atoms with Gasteiger partial charge in [-0.2, -0.15) is 0 Å². The zero-order valence-electron chi connectivity index (χ0n) is 11.4. The van der Waals surface area contributed by atoms with Gasteiger partial charge in [-0.3, -0.25) is 0 Å². The fourth-order valence-corrected chi connectivity index (χ4v) is 3.37. The second-order valence-electron chi connectivity index (χ2n) is 5.02. The minimum absolute atomic E-state index is 0.0185. The predicted octanol–water partition coefficient (Wildman–Crippen LogP) is 1.13. The number of halogens is 1. The molecular weight excluding hydrogens is 283 g/mol. The van der Waals surface area contributed by atoms with Crippen LogP contribution in [0, 0.1) is 5.82 Å². The Bertz CT molecular complexity index is 580. The van der Waals surface area contributed by atoms with Crippen molar-refractivity contribution in [3.63, 3.8) is 0 Å². The quantitative estimate of drug-likeness (QED) is 0.825. The van der Waals surface area contributed by atoms with E-state index in [1.165, 1.54) is 12.1 Å². The number of nitrogens with one attached hydrogen (secondary N) is 1. The molecule has 0 heterocycles. The summed E-state index contributed by atoms with van der Waals surface area (Å²) in [5, 5.41) is 0. The molecule has 0 atom stereocenters.